The van der Waals surface area contributed by atoms with Crippen LogP contribution in [0.3, 0.4) is 0 Å². The Bertz CT molecular complexity index is 658. The molecule has 0 unspecified atom stereocenters. The van der Waals surface area contributed by atoms with E-state index in [0.29, 0.717) is 25.2 Å². The summed E-state index contributed by atoms with van der Waals surface area (Å²) in [6.45, 7) is 6.81. The largest absolute Gasteiger partial charge is 0.338 e. The van der Waals surface area contributed by atoms with Gasteiger partial charge in [0.15, 0.2) is 0 Å². The maximum atomic E-state index is 12.6. The minimum atomic E-state index is -3.26. The molecule has 1 fully saturated rings. The number of carbonyl (C=O) groups is 1. The van der Waals surface area contributed by atoms with Crippen molar-refractivity contribution < 1.29 is 13.2 Å². The summed E-state index contributed by atoms with van der Waals surface area (Å²) in [6, 6.07) is 3.55. The molecular formula is C16H25N3O3S. The predicted octanol–water partition coefficient (Wildman–Crippen LogP) is 1.57. The van der Waals surface area contributed by atoms with Crippen molar-refractivity contribution in [1.82, 2.24) is 14.6 Å². The Labute approximate surface area is 138 Å². The summed E-state index contributed by atoms with van der Waals surface area (Å²) < 4.78 is 26.4. The van der Waals surface area contributed by atoms with Gasteiger partial charge >= 0.3 is 0 Å². The third kappa shape index (κ3) is 4.51. The number of aryl methyl sites for hydroxylation is 1. The van der Waals surface area contributed by atoms with Gasteiger partial charge in [-0.3, -0.25) is 9.78 Å². The van der Waals surface area contributed by atoms with E-state index in [9.17, 15) is 13.2 Å². The van der Waals surface area contributed by atoms with Crippen LogP contribution in [0.25, 0.3) is 0 Å². The predicted molar refractivity (Wildman–Crippen MR) is 89.7 cm³/mol. The van der Waals surface area contributed by atoms with Crippen molar-refractivity contribution >= 4 is 15.9 Å². The Morgan fingerprint density at radius 1 is 1.48 bits per heavy atom. The third-order valence-corrected chi connectivity index (χ3v) is 6.05. The van der Waals surface area contributed by atoms with Crippen molar-refractivity contribution in [2.75, 3.05) is 19.6 Å². The highest BCUT2D eigenvalue weighted by Crippen LogP contribution is 2.19. The molecule has 1 aromatic heterocycles. The smallest absolute Gasteiger partial charge is 0.255 e. The number of nitrogens with zero attached hydrogens (tertiary/aromatic N) is 2. The van der Waals surface area contributed by atoms with Crippen LogP contribution in [0.15, 0.2) is 18.3 Å². The van der Waals surface area contributed by atoms with Crippen LogP contribution in [0.1, 0.15) is 42.7 Å². The number of piperidine rings is 1. The summed E-state index contributed by atoms with van der Waals surface area (Å²) in [4.78, 5) is 18.6. The van der Waals surface area contributed by atoms with Gasteiger partial charge in [-0.25, -0.2) is 13.1 Å². The van der Waals surface area contributed by atoms with E-state index < -0.39 is 15.3 Å². The van der Waals surface area contributed by atoms with Gasteiger partial charge in [-0.1, -0.05) is 0 Å². The van der Waals surface area contributed by atoms with E-state index in [1.54, 1.807) is 32.2 Å². The molecule has 1 N–H and O–H groups in total. The van der Waals surface area contributed by atoms with Crippen LogP contribution in [0.5, 0.6) is 0 Å². The van der Waals surface area contributed by atoms with Gasteiger partial charge in [0.1, 0.15) is 0 Å². The lowest BCUT2D eigenvalue weighted by Crippen LogP contribution is -2.44. The Kier molecular flexibility index (Phi) is 5.75. The number of carbonyl (C=O) groups excluding carboxylic acids is 1. The van der Waals surface area contributed by atoms with Gasteiger partial charge in [-0.05, 0) is 51.7 Å². The molecule has 1 amide bonds. The number of likely N-dealkylation sites (tertiary alicyclic amines) is 1. The van der Waals surface area contributed by atoms with Crippen LogP contribution < -0.4 is 4.72 Å². The van der Waals surface area contributed by atoms with E-state index in [1.807, 2.05) is 11.8 Å². The Hall–Kier alpha value is -1.47. The van der Waals surface area contributed by atoms with Crippen LogP contribution in [-0.2, 0) is 10.0 Å². The number of hydrogen-bond acceptors (Lipinski definition) is 4. The van der Waals surface area contributed by atoms with Crippen LogP contribution in [-0.4, -0.2) is 49.1 Å². The van der Waals surface area contributed by atoms with E-state index in [2.05, 4.69) is 9.71 Å². The minimum Gasteiger partial charge on any atom is -0.338 e. The van der Waals surface area contributed by atoms with Crippen molar-refractivity contribution in [2.24, 2.45) is 5.92 Å². The molecule has 6 nitrogen and oxygen atoms in total. The van der Waals surface area contributed by atoms with Gasteiger partial charge < -0.3 is 4.90 Å². The van der Waals surface area contributed by atoms with E-state index >= 15 is 0 Å². The summed E-state index contributed by atoms with van der Waals surface area (Å²) in [5.41, 5.74) is 1.34. The zero-order valence-corrected chi connectivity index (χ0v) is 14.8. The average molecular weight is 339 g/mol. The minimum absolute atomic E-state index is 0.0213. The molecule has 23 heavy (non-hydrogen) atoms. The van der Waals surface area contributed by atoms with E-state index in [-0.39, 0.29) is 11.8 Å². The van der Waals surface area contributed by atoms with Gasteiger partial charge in [0.2, 0.25) is 10.0 Å². The van der Waals surface area contributed by atoms with Crippen molar-refractivity contribution in [2.45, 2.75) is 38.9 Å². The van der Waals surface area contributed by atoms with Crippen LogP contribution in [0, 0.1) is 12.8 Å². The number of aromatic nitrogens is 1. The first kappa shape index (κ1) is 17.9. The van der Waals surface area contributed by atoms with Gasteiger partial charge in [0.05, 0.1) is 10.8 Å². The molecule has 0 saturated carbocycles. The first-order valence-electron chi connectivity index (χ1n) is 8.00. The molecule has 7 heteroatoms. The highest BCUT2D eigenvalue weighted by atomic mass is 32.2. The molecule has 1 aromatic rings. The molecule has 128 valence electrons. The lowest BCUT2D eigenvalue weighted by atomic mass is 9.97. The summed E-state index contributed by atoms with van der Waals surface area (Å²) in [5.74, 6) is 0.130. The van der Waals surface area contributed by atoms with Gasteiger partial charge in [-0.15, -0.1) is 0 Å². The van der Waals surface area contributed by atoms with Crippen molar-refractivity contribution in [3.05, 3.63) is 29.6 Å². The Morgan fingerprint density at radius 2 is 2.22 bits per heavy atom. The molecule has 0 aliphatic carbocycles. The zero-order valence-electron chi connectivity index (χ0n) is 13.9. The van der Waals surface area contributed by atoms with Crippen molar-refractivity contribution in [1.29, 1.82) is 0 Å². The summed E-state index contributed by atoms with van der Waals surface area (Å²) in [5, 5.41) is -0.443. The molecule has 1 atom stereocenters. The highest BCUT2D eigenvalue weighted by Gasteiger charge is 2.27. The van der Waals surface area contributed by atoms with Crippen molar-refractivity contribution in [3.8, 4) is 0 Å². The second-order valence-corrected chi connectivity index (χ2v) is 8.66. The molecule has 0 radical (unpaired) electrons. The molecule has 2 rings (SSSR count). The monoisotopic (exact) mass is 339 g/mol. The standard InChI is InChI=1S/C16H25N3O3S/c1-12(2)23(21,22)18-10-14-6-5-9-19(11-14)16(20)15-7-4-8-17-13(15)3/h4,7-8,12,14,18H,5-6,9-11H2,1-3H3/t14-/m1/s1. The zero-order chi connectivity index (χ0) is 17.0. The van der Waals surface area contributed by atoms with E-state index in [0.717, 1.165) is 18.5 Å². The molecule has 0 aromatic carbocycles. The molecule has 1 aliphatic heterocycles. The fraction of sp³-hybridized carbons (Fsp3) is 0.625. The summed E-state index contributed by atoms with van der Waals surface area (Å²) in [6.07, 6.45) is 3.49. The highest BCUT2D eigenvalue weighted by molar-refractivity contribution is 7.90. The van der Waals surface area contributed by atoms with Crippen molar-refractivity contribution in [3.63, 3.8) is 0 Å². The number of rotatable bonds is 5. The van der Waals surface area contributed by atoms with Crippen LogP contribution in [0.4, 0.5) is 0 Å². The molecule has 1 saturated heterocycles. The van der Waals surface area contributed by atoms with E-state index in [1.165, 1.54) is 0 Å². The molecule has 1 aliphatic rings. The quantitative estimate of drug-likeness (QED) is 0.883. The Morgan fingerprint density at radius 3 is 2.87 bits per heavy atom. The SMILES string of the molecule is Cc1ncccc1C(=O)N1CCC[C@H](CNS(=O)(=O)C(C)C)C1. The van der Waals surface area contributed by atoms with Crippen LogP contribution >= 0.6 is 0 Å². The lowest BCUT2D eigenvalue weighted by molar-refractivity contribution is 0.0675. The molecule has 2 heterocycles. The van der Waals surface area contributed by atoms with Gasteiger partial charge in [0.25, 0.3) is 5.91 Å². The number of nitrogens with one attached hydrogen (secondary N) is 1. The topological polar surface area (TPSA) is 79.4 Å². The third-order valence-electron chi connectivity index (χ3n) is 4.24. The molecular weight excluding hydrogens is 314 g/mol. The van der Waals surface area contributed by atoms with Gasteiger partial charge in [-0.2, -0.15) is 0 Å². The maximum Gasteiger partial charge on any atom is 0.255 e. The second kappa shape index (κ2) is 7.40. The second-order valence-electron chi connectivity index (χ2n) is 6.34. The fourth-order valence-electron chi connectivity index (χ4n) is 2.70. The number of sulfonamides is 1. The summed E-state index contributed by atoms with van der Waals surface area (Å²) in [7, 11) is -3.26. The molecule has 0 spiro atoms. The van der Waals surface area contributed by atoms with Gasteiger partial charge in [0, 0.05) is 31.5 Å². The normalized spacial score (nSPS) is 19.1. The summed E-state index contributed by atoms with van der Waals surface area (Å²) >= 11 is 0. The maximum absolute atomic E-state index is 12.6. The number of hydrogen-bond donors (Lipinski definition) is 1. The number of amides is 1. The Balaban J connectivity index is 1.98. The first-order valence-corrected chi connectivity index (χ1v) is 9.55. The van der Waals surface area contributed by atoms with Crippen LogP contribution in [0.2, 0.25) is 0 Å². The first-order chi connectivity index (χ1) is 10.8. The molecule has 0 bridgehead atoms. The lowest BCUT2D eigenvalue weighted by Gasteiger charge is -2.33. The van der Waals surface area contributed by atoms with E-state index in [4.69, 9.17) is 0 Å². The fourth-order valence-corrected chi connectivity index (χ4v) is 3.50. The average Bonchev–Trinajstić information content (AvgIpc) is 2.53. The number of pyridine rings is 1.